The van der Waals surface area contributed by atoms with Gasteiger partial charge in [-0.25, -0.2) is 0 Å². The predicted octanol–water partition coefficient (Wildman–Crippen LogP) is 2.88. The number of Topliss-reactive ketones (excluding diaryl/α,β-unsaturated/α-hetero) is 1. The van der Waals surface area contributed by atoms with E-state index in [4.69, 9.17) is 8.64 Å². The second-order valence-corrected chi connectivity index (χ2v) is 10.7. The van der Waals surface area contributed by atoms with Crippen molar-refractivity contribution in [2.24, 2.45) is 0 Å². The van der Waals surface area contributed by atoms with Gasteiger partial charge in [0.15, 0.2) is 0 Å². The maximum absolute atomic E-state index is 9.87. The van der Waals surface area contributed by atoms with E-state index in [9.17, 15) is 9.59 Å². The average molecular weight is 303 g/mol. The van der Waals surface area contributed by atoms with Gasteiger partial charge in [0.25, 0.3) is 0 Å². The van der Waals surface area contributed by atoms with Crippen molar-refractivity contribution in [2.45, 2.75) is 56.9 Å². The van der Waals surface area contributed by atoms with E-state index in [0.29, 0.717) is 0 Å². The van der Waals surface area contributed by atoms with Crippen LogP contribution in [-0.4, -0.2) is 40.0 Å². The Bertz CT molecular complexity index is 191. The Morgan fingerprint density at radius 1 is 1.18 bits per heavy atom. The zero-order valence-electron chi connectivity index (χ0n) is 11.5. The third kappa shape index (κ3) is 18.3. The third-order valence-corrected chi connectivity index (χ3v) is 7.47. The predicted molar refractivity (Wildman–Crippen MR) is 70.5 cm³/mol. The molecule has 0 unspecified atom stereocenters. The molecular formula is C12H25GaO4. The minimum absolute atomic E-state index is 0.312. The molecule has 0 bridgehead atoms. The topological polar surface area (TPSA) is 63.6 Å². The van der Waals surface area contributed by atoms with Gasteiger partial charge in [-0.2, -0.15) is 0 Å². The Labute approximate surface area is 110 Å². The Morgan fingerprint density at radius 3 is 1.94 bits per heavy atom. The van der Waals surface area contributed by atoms with Crippen LogP contribution < -0.4 is 0 Å². The van der Waals surface area contributed by atoms with Crippen molar-refractivity contribution in [2.75, 3.05) is 6.61 Å². The summed E-state index contributed by atoms with van der Waals surface area (Å²) in [5.74, 6) is -1.37. The number of carbonyl (C=O) groups excluding carboxylic acids is 1. The summed E-state index contributed by atoms with van der Waals surface area (Å²) >= 11 is -1.15. The van der Waals surface area contributed by atoms with E-state index in [1.165, 1.54) is 29.7 Å². The van der Waals surface area contributed by atoms with Gasteiger partial charge in [-0.05, 0) is 6.92 Å². The van der Waals surface area contributed by atoms with E-state index in [-0.39, 0.29) is 12.2 Å². The molecule has 0 saturated carbocycles. The van der Waals surface area contributed by atoms with E-state index >= 15 is 0 Å². The zero-order valence-corrected chi connectivity index (χ0v) is 13.9. The van der Waals surface area contributed by atoms with Gasteiger partial charge in [0.2, 0.25) is 0 Å². The number of carboxylic acid groups (broad SMARTS) is 1. The van der Waals surface area contributed by atoms with Crippen LogP contribution in [-0.2, 0) is 13.1 Å². The van der Waals surface area contributed by atoms with Crippen LogP contribution in [0.25, 0.3) is 0 Å². The summed E-state index contributed by atoms with van der Waals surface area (Å²) in [6.07, 6.45) is 2.16. The molecule has 0 aliphatic rings. The molecule has 0 aromatic rings. The monoisotopic (exact) mass is 302 g/mol. The first-order valence-electron chi connectivity index (χ1n) is 6.30. The molecule has 0 aromatic heterocycles. The summed E-state index contributed by atoms with van der Waals surface area (Å²) in [4.78, 5) is 22.1. The number of rotatable bonds is 8. The van der Waals surface area contributed by atoms with Gasteiger partial charge in [-0.1, -0.05) is 0 Å². The number of carbonyl (C=O) groups is 2. The quantitative estimate of drug-likeness (QED) is 0.425. The number of carboxylic acids is 1. The molecule has 0 fully saturated rings. The van der Waals surface area contributed by atoms with Crippen LogP contribution >= 0.6 is 0 Å². The van der Waals surface area contributed by atoms with Crippen molar-refractivity contribution in [1.29, 1.82) is 0 Å². The maximum atomic E-state index is 9.87. The fourth-order valence-electron chi connectivity index (χ4n) is 1.13. The Kier molecular flexibility index (Phi) is 15.5. The van der Waals surface area contributed by atoms with Crippen molar-refractivity contribution in [3.8, 4) is 0 Å². The van der Waals surface area contributed by atoms with Crippen LogP contribution in [0.3, 0.4) is 0 Å². The normalized spacial score (nSPS) is 9.18. The molecule has 0 saturated heterocycles. The van der Waals surface area contributed by atoms with Crippen molar-refractivity contribution >= 4 is 28.3 Å². The first-order chi connectivity index (χ1) is 7.97. The Hall–Kier alpha value is -0.264. The van der Waals surface area contributed by atoms with Crippen LogP contribution in [0, 0.1) is 0 Å². The van der Waals surface area contributed by atoms with Gasteiger partial charge in [0.1, 0.15) is 12.2 Å². The second-order valence-electron chi connectivity index (χ2n) is 3.94. The van der Waals surface area contributed by atoms with E-state index < -0.39 is 22.6 Å². The van der Waals surface area contributed by atoms with Crippen LogP contribution in [0.2, 0.25) is 9.95 Å². The molecule has 1 N–H and O–H groups in total. The summed E-state index contributed by atoms with van der Waals surface area (Å²) in [7, 11) is 0. The van der Waals surface area contributed by atoms with Gasteiger partial charge in [0.05, 0.1) is 0 Å². The molecule has 17 heavy (non-hydrogen) atoms. The summed E-state index contributed by atoms with van der Waals surface area (Å²) in [5.41, 5.74) is 0. The van der Waals surface area contributed by atoms with Crippen LogP contribution in [0.4, 0.5) is 0 Å². The molecule has 0 atom stereocenters. The van der Waals surface area contributed by atoms with E-state index in [2.05, 4.69) is 20.8 Å². The number of unbranched alkanes of at least 4 members (excludes halogenated alkanes) is 1. The van der Waals surface area contributed by atoms with Crippen molar-refractivity contribution < 1.29 is 18.2 Å². The number of hydrogen-bond acceptors (Lipinski definition) is 3. The molecule has 0 spiro atoms. The fourth-order valence-corrected chi connectivity index (χ4v) is 4.38. The summed E-state index contributed by atoms with van der Waals surface area (Å²) in [5, 5.41) is 7.86. The minimum atomic E-state index is -1.15. The average Bonchev–Trinajstić information content (AvgIpc) is 2.23. The molecule has 0 rings (SSSR count). The molecule has 0 amide bonds. The summed E-state index contributed by atoms with van der Waals surface area (Å²) in [6, 6.07) is 0. The Balaban J connectivity index is 0. The SMILES string of the molecule is CC(=O)CC(=O)O.CCCC[O][Ga]([CH2]C)[CH2]C. The second kappa shape index (κ2) is 13.8. The zero-order chi connectivity index (χ0) is 13.7. The molecule has 0 radical (unpaired) electrons. The standard InChI is InChI=1S/C4H6O3.C4H9O.2C2H5.Ga/c1-3(5)2-4(6)7;1-2-3-4-5;2*1-2;/h2H2,1H3,(H,6,7);2-4H2,1H3;2*1H2,2H3;/q;-1;;;+1. The molecule has 0 heterocycles. The van der Waals surface area contributed by atoms with Gasteiger partial charge < -0.3 is 5.11 Å². The first-order valence-corrected chi connectivity index (χ1v) is 10.7. The first kappa shape index (κ1) is 19.1. The fraction of sp³-hybridized carbons (Fsp3) is 0.833. The van der Waals surface area contributed by atoms with Crippen LogP contribution in [0.5, 0.6) is 0 Å². The van der Waals surface area contributed by atoms with E-state index in [1.807, 2.05) is 0 Å². The van der Waals surface area contributed by atoms with Gasteiger partial charge in [0, 0.05) is 0 Å². The van der Waals surface area contributed by atoms with Crippen molar-refractivity contribution in [1.82, 2.24) is 0 Å². The van der Waals surface area contributed by atoms with Gasteiger partial charge in [-0.15, -0.1) is 0 Å². The molecule has 5 heteroatoms. The molecule has 0 aromatic carbocycles. The number of ketones is 1. The molecular weight excluding hydrogens is 278 g/mol. The molecule has 0 aliphatic carbocycles. The summed E-state index contributed by atoms with van der Waals surface area (Å²) in [6.45, 7) is 9.01. The van der Waals surface area contributed by atoms with Gasteiger partial charge in [-0.3, -0.25) is 9.59 Å². The van der Waals surface area contributed by atoms with Gasteiger partial charge >= 0.3 is 76.3 Å². The van der Waals surface area contributed by atoms with E-state index in [0.717, 1.165) is 6.61 Å². The molecule has 0 aliphatic heterocycles. The molecule has 100 valence electrons. The van der Waals surface area contributed by atoms with Crippen LogP contribution in [0.15, 0.2) is 0 Å². The third-order valence-electron chi connectivity index (χ3n) is 2.16. The van der Waals surface area contributed by atoms with E-state index in [1.54, 1.807) is 0 Å². The summed E-state index contributed by atoms with van der Waals surface area (Å²) < 4.78 is 5.77. The number of aliphatic carboxylic acids is 1. The molecule has 4 nitrogen and oxygen atoms in total. The Morgan fingerprint density at radius 2 is 1.71 bits per heavy atom. The van der Waals surface area contributed by atoms with Crippen molar-refractivity contribution in [3.63, 3.8) is 0 Å². The van der Waals surface area contributed by atoms with Crippen LogP contribution in [0.1, 0.15) is 47.0 Å². The number of hydrogen-bond donors (Lipinski definition) is 1. The van der Waals surface area contributed by atoms with Crippen molar-refractivity contribution in [3.05, 3.63) is 0 Å².